The van der Waals surface area contributed by atoms with Gasteiger partial charge in [0.05, 0.1) is 11.3 Å². The molecule has 6 nitrogen and oxygen atoms in total. The minimum absolute atomic E-state index is 0.139. The normalized spacial score (nSPS) is 20.6. The van der Waals surface area contributed by atoms with E-state index in [9.17, 15) is 4.79 Å². The van der Waals surface area contributed by atoms with Crippen molar-refractivity contribution in [3.63, 3.8) is 0 Å². The van der Waals surface area contributed by atoms with E-state index in [4.69, 9.17) is 4.42 Å². The van der Waals surface area contributed by atoms with Gasteiger partial charge < -0.3 is 14.3 Å². The van der Waals surface area contributed by atoms with Crippen LogP contribution in [-0.4, -0.2) is 44.8 Å². The maximum atomic E-state index is 12.5. The molecule has 0 bridgehead atoms. The fourth-order valence-electron chi connectivity index (χ4n) is 3.71. The second-order valence-corrected chi connectivity index (χ2v) is 8.08. The highest BCUT2D eigenvalue weighted by molar-refractivity contribution is 7.99. The Morgan fingerprint density at radius 3 is 2.85 bits per heavy atom. The molecule has 0 saturated carbocycles. The van der Waals surface area contributed by atoms with Crippen LogP contribution in [0.3, 0.4) is 0 Å². The molecule has 2 atom stereocenters. The molecule has 1 saturated heterocycles. The largest absolute Gasteiger partial charge is 0.411 e. The fourth-order valence-corrected chi connectivity index (χ4v) is 4.37. The van der Waals surface area contributed by atoms with Crippen LogP contribution in [0.4, 0.5) is 0 Å². The number of carbonyl (C=O) groups is 1. The maximum absolute atomic E-state index is 12.5. The molecule has 1 aromatic carbocycles. The van der Waals surface area contributed by atoms with E-state index >= 15 is 0 Å². The van der Waals surface area contributed by atoms with Crippen LogP contribution in [0.5, 0.6) is 0 Å². The predicted octanol–water partition coefficient (Wildman–Crippen LogP) is 3.81. The summed E-state index contributed by atoms with van der Waals surface area (Å²) in [7, 11) is 0. The highest BCUT2D eigenvalue weighted by atomic mass is 32.2. The lowest BCUT2D eigenvalue weighted by Gasteiger charge is -2.34. The summed E-state index contributed by atoms with van der Waals surface area (Å²) in [5, 5.41) is 9.70. The van der Waals surface area contributed by atoms with E-state index in [0.29, 0.717) is 28.7 Å². The van der Waals surface area contributed by atoms with E-state index in [1.165, 1.54) is 18.2 Å². The van der Waals surface area contributed by atoms with Gasteiger partial charge in [-0.25, -0.2) is 0 Å². The van der Waals surface area contributed by atoms with Crippen molar-refractivity contribution < 1.29 is 9.21 Å². The van der Waals surface area contributed by atoms with Gasteiger partial charge in [0.15, 0.2) is 0 Å². The molecule has 1 fully saturated rings. The topological polar surface area (TPSA) is 75.0 Å². The minimum atomic E-state index is 0.139. The zero-order chi connectivity index (χ0) is 18.1. The summed E-state index contributed by atoms with van der Waals surface area (Å²) < 4.78 is 5.77. The van der Waals surface area contributed by atoms with Gasteiger partial charge in [0.25, 0.3) is 11.1 Å². The van der Waals surface area contributed by atoms with E-state index in [2.05, 4.69) is 29.0 Å². The van der Waals surface area contributed by atoms with Gasteiger partial charge in [-0.2, -0.15) is 0 Å². The van der Waals surface area contributed by atoms with Crippen molar-refractivity contribution in [2.45, 2.75) is 25.5 Å². The second-order valence-electron chi connectivity index (χ2n) is 7.15. The van der Waals surface area contributed by atoms with Crippen LogP contribution in [0.15, 0.2) is 40.1 Å². The van der Waals surface area contributed by atoms with Crippen LogP contribution in [0, 0.1) is 11.8 Å². The highest BCUT2D eigenvalue weighted by Crippen LogP contribution is 2.30. The Kier molecular flexibility index (Phi) is 4.72. The number of hydrogen-bond acceptors (Lipinski definition) is 5. The standard InChI is InChI=1S/C19H22N4O2S/c1-12-7-13(2)10-23(9-12)17(24)11-26-19-22-21-18(25-19)15-8-20-16-6-4-3-5-14(15)16/h3-6,8,12-13,20H,7,9-11H2,1-2H3/t12-,13+. The molecule has 2 aromatic heterocycles. The fraction of sp³-hybridized carbons (Fsp3) is 0.421. The quantitative estimate of drug-likeness (QED) is 0.707. The van der Waals surface area contributed by atoms with E-state index < -0.39 is 0 Å². The van der Waals surface area contributed by atoms with E-state index in [1.54, 1.807) is 0 Å². The number of benzene rings is 1. The number of nitrogens with zero attached hydrogens (tertiary/aromatic N) is 3. The summed E-state index contributed by atoms with van der Waals surface area (Å²) in [6, 6.07) is 7.97. The van der Waals surface area contributed by atoms with Crippen LogP contribution >= 0.6 is 11.8 Å². The number of hydrogen-bond donors (Lipinski definition) is 1. The third-order valence-corrected chi connectivity index (χ3v) is 5.57. The molecule has 3 aromatic rings. The summed E-state index contributed by atoms with van der Waals surface area (Å²) >= 11 is 1.31. The molecule has 7 heteroatoms. The second kappa shape index (κ2) is 7.15. The average Bonchev–Trinajstić information content (AvgIpc) is 3.25. The predicted molar refractivity (Wildman–Crippen MR) is 102 cm³/mol. The molecule has 0 aliphatic carbocycles. The van der Waals surface area contributed by atoms with Crippen molar-refractivity contribution in [3.05, 3.63) is 30.5 Å². The molecular weight excluding hydrogens is 348 g/mol. The number of nitrogens with one attached hydrogen (secondary N) is 1. The number of para-hydroxylation sites is 1. The number of piperidine rings is 1. The Morgan fingerprint density at radius 1 is 1.27 bits per heavy atom. The minimum Gasteiger partial charge on any atom is -0.411 e. The number of H-pyrrole nitrogens is 1. The number of thioether (sulfide) groups is 1. The molecular formula is C19H22N4O2S. The molecule has 0 unspecified atom stereocenters. The number of rotatable bonds is 4. The zero-order valence-corrected chi connectivity index (χ0v) is 15.8. The lowest BCUT2D eigenvalue weighted by atomic mass is 9.92. The first kappa shape index (κ1) is 17.1. The first-order chi connectivity index (χ1) is 12.6. The third-order valence-electron chi connectivity index (χ3n) is 4.77. The van der Waals surface area contributed by atoms with Crippen molar-refractivity contribution in [1.82, 2.24) is 20.1 Å². The molecule has 1 N–H and O–H groups in total. The van der Waals surface area contributed by atoms with Crippen molar-refractivity contribution in [2.75, 3.05) is 18.8 Å². The molecule has 136 valence electrons. The molecule has 1 amide bonds. The molecule has 0 spiro atoms. The van der Waals surface area contributed by atoms with Crippen LogP contribution in [-0.2, 0) is 4.79 Å². The zero-order valence-electron chi connectivity index (χ0n) is 14.9. The molecule has 1 aliphatic heterocycles. The Balaban J connectivity index is 1.42. The van der Waals surface area contributed by atoms with Crippen molar-refractivity contribution in [2.24, 2.45) is 11.8 Å². The van der Waals surface area contributed by atoms with Gasteiger partial charge in [-0.1, -0.05) is 43.8 Å². The van der Waals surface area contributed by atoms with Gasteiger partial charge in [0, 0.05) is 30.2 Å². The summed E-state index contributed by atoms with van der Waals surface area (Å²) in [6.07, 6.45) is 3.06. The molecule has 26 heavy (non-hydrogen) atoms. The number of aromatic amines is 1. The summed E-state index contributed by atoms with van der Waals surface area (Å²) in [5.74, 6) is 2.06. The molecule has 3 heterocycles. The van der Waals surface area contributed by atoms with Gasteiger partial charge in [0.1, 0.15) is 0 Å². The first-order valence-corrected chi connectivity index (χ1v) is 9.89. The summed E-state index contributed by atoms with van der Waals surface area (Å²) in [6.45, 7) is 6.09. The van der Waals surface area contributed by atoms with Crippen LogP contribution < -0.4 is 0 Å². The van der Waals surface area contributed by atoms with E-state index in [0.717, 1.165) is 29.6 Å². The number of amides is 1. The number of fused-ring (bicyclic) bond motifs is 1. The lowest BCUT2D eigenvalue weighted by Crippen LogP contribution is -2.43. The van der Waals surface area contributed by atoms with Gasteiger partial charge >= 0.3 is 0 Å². The first-order valence-electron chi connectivity index (χ1n) is 8.90. The Labute approximate surface area is 156 Å². The van der Waals surface area contributed by atoms with E-state index in [1.807, 2.05) is 35.4 Å². The number of likely N-dealkylation sites (tertiary alicyclic amines) is 1. The maximum Gasteiger partial charge on any atom is 0.277 e. The Morgan fingerprint density at radius 2 is 2.04 bits per heavy atom. The van der Waals surface area contributed by atoms with Gasteiger partial charge in [0.2, 0.25) is 5.91 Å². The van der Waals surface area contributed by atoms with Gasteiger partial charge in [-0.15, -0.1) is 10.2 Å². The van der Waals surface area contributed by atoms with Gasteiger partial charge in [-0.05, 0) is 24.3 Å². The van der Waals surface area contributed by atoms with Crippen LogP contribution in [0.2, 0.25) is 0 Å². The SMILES string of the molecule is C[C@@H]1C[C@H](C)CN(C(=O)CSc2nnc(-c3c[nH]c4ccccc34)o2)C1. The van der Waals surface area contributed by atoms with Crippen molar-refractivity contribution in [3.8, 4) is 11.5 Å². The lowest BCUT2D eigenvalue weighted by molar-refractivity contribution is -0.130. The smallest absolute Gasteiger partial charge is 0.277 e. The highest BCUT2D eigenvalue weighted by Gasteiger charge is 2.25. The Bertz CT molecular complexity index is 909. The van der Waals surface area contributed by atoms with E-state index in [-0.39, 0.29) is 5.91 Å². The summed E-state index contributed by atoms with van der Waals surface area (Å²) in [4.78, 5) is 17.6. The van der Waals surface area contributed by atoms with Gasteiger partial charge in [-0.3, -0.25) is 4.79 Å². The molecule has 0 radical (unpaired) electrons. The molecule has 4 rings (SSSR count). The monoisotopic (exact) mass is 370 g/mol. The van der Waals surface area contributed by atoms with Crippen LogP contribution in [0.1, 0.15) is 20.3 Å². The third kappa shape index (κ3) is 3.49. The number of aromatic nitrogens is 3. The summed E-state index contributed by atoms with van der Waals surface area (Å²) in [5.41, 5.74) is 1.91. The number of carbonyl (C=O) groups excluding carboxylic acids is 1. The molecule has 1 aliphatic rings. The van der Waals surface area contributed by atoms with Crippen LogP contribution in [0.25, 0.3) is 22.4 Å². The van der Waals surface area contributed by atoms with Crippen molar-refractivity contribution in [1.29, 1.82) is 0 Å². The van der Waals surface area contributed by atoms with Crippen molar-refractivity contribution >= 4 is 28.6 Å². The Hall–Kier alpha value is -2.28. The average molecular weight is 370 g/mol.